The van der Waals surface area contributed by atoms with Crippen LogP contribution >= 0.6 is 11.6 Å². The summed E-state index contributed by atoms with van der Waals surface area (Å²) in [7, 11) is 1.52. The Bertz CT molecular complexity index is 785. The summed E-state index contributed by atoms with van der Waals surface area (Å²) in [6, 6.07) is 10.8. The number of nitrogens with zero attached hydrogens (tertiary/aromatic N) is 1. The van der Waals surface area contributed by atoms with Crippen molar-refractivity contribution >= 4 is 29.0 Å². The molecular weight excluding hydrogens is 302 g/mol. The molecule has 0 unspecified atom stereocenters. The molecule has 0 bridgehead atoms. The summed E-state index contributed by atoms with van der Waals surface area (Å²) in [5, 5.41) is 0.558. The number of carbonyl (C=O) groups is 2. The van der Waals surface area contributed by atoms with E-state index in [1.165, 1.54) is 12.0 Å². The highest BCUT2D eigenvalue weighted by atomic mass is 35.5. The fraction of sp³-hybridized carbons (Fsp3) is 0.176. The number of aryl methyl sites for hydroxylation is 1. The highest BCUT2D eigenvalue weighted by molar-refractivity contribution is 6.53. The summed E-state index contributed by atoms with van der Waals surface area (Å²) in [6.45, 7) is 2.04. The quantitative estimate of drug-likeness (QED) is 0.816. The van der Waals surface area contributed by atoms with Gasteiger partial charge in [-0.25, -0.2) is 0 Å². The van der Waals surface area contributed by atoms with Crippen LogP contribution in [0.5, 0.6) is 5.75 Å². The zero-order chi connectivity index (χ0) is 15.9. The lowest BCUT2D eigenvalue weighted by atomic mass is 10.0. The van der Waals surface area contributed by atoms with Gasteiger partial charge in [0.15, 0.2) is 0 Å². The Balaban J connectivity index is 2.12. The third-order valence-corrected chi connectivity index (χ3v) is 4.16. The van der Waals surface area contributed by atoms with Crippen molar-refractivity contribution in [1.29, 1.82) is 0 Å². The van der Waals surface area contributed by atoms with Crippen LogP contribution in [0.4, 0.5) is 5.69 Å². The molecule has 2 aromatic rings. The monoisotopic (exact) mass is 315 g/mol. The number of ketones is 1. The molecule has 0 radical (unpaired) electrons. The summed E-state index contributed by atoms with van der Waals surface area (Å²) < 4.78 is 5.33. The summed E-state index contributed by atoms with van der Waals surface area (Å²) in [6.07, 6.45) is 0. The third kappa shape index (κ3) is 2.16. The fourth-order valence-corrected chi connectivity index (χ4v) is 2.87. The topological polar surface area (TPSA) is 46.6 Å². The van der Waals surface area contributed by atoms with E-state index < -0.39 is 11.7 Å². The first-order valence-electron chi connectivity index (χ1n) is 6.81. The third-order valence-electron chi connectivity index (χ3n) is 3.79. The van der Waals surface area contributed by atoms with Gasteiger partial charge >= 0.3 is 0 Å². The molecule has 2 aromatic carbocycles. The molecule has 0 atom stereocenters. The van der Waals surface area contributed by atoms with Crippen molar-refractivity contribution in [3.8, 4) is 5.75 Å². The van der Waals surface area contributed by atoms with E-state index in [0.717, 1.165) is 11.1 Å². The Hall–Kier alpha value is -2.33. The number of Topliss-reactive ketones (excluding diaryl/α,β-unsaturated/α-hetero) is 1. The largest absolute Gasteiger partial charge is 0.495 e. The molecule has 4 nitrogen and oxygen atoms in total. The van der Waals surface area contributed by atoms with Gasteiger partial charge in [0.05, 0.1) is 24.9 Å². The normalized spacial score (nSPS) is 13.5. The molecule has 0 spiro atoms. The van der Waals surface area contributed by atoms with E-state index in [1.54, 1.807) is 18.2 Å². The molecule has 1 aliphatic heterocycles. The number of benzene rings is 2. The molecule has 0 N–H and O–H groups in total. The standard InChI is InChI=1S/C17H14ClNO3/c1-10-7-8-13(22-2)15-14(10)16(20)17(21)19(15)9-11-5-3-4-6-12(11)18/h3-8H,9H2,1-2H3. The van der Waals surface area contributed by atoms with Crippen molar-refractivity contribution in [2.45, 2.75) is 13.5 Å². The fourth-order valence-electron chi connectivity index (χ4n) is 2.67. The SMILES string of the molecule is COc1ccc(C)c2c1N(Cc1ccccc1Cl)C(=O)C2=O. The maximum atomic E-state index is 12.4. The molecule has 0 aromatic heterocycles. The minimum atomic E-state index is -0.553. The number of carbonyl (C=O) groups excluding carboxylic acids is 2. The van der Waals surface area contributed by atoms with E-state index in [2.05, 4.69) is 0 Å². The first-order valence-corrected chi connectivity index (χ1v) is 7.19. The number of rotatable bonds is 3. The van der Waals surface area contributed by atoms with Crippen molar-refractivity contribution in [3.05, 3.63) is 58.1 Å². The second-order valence-corrected chi connectivity index (χ2v) is 5.53. The van der Waals surface area contributed by atoms with Crippen LogP contribution in [0.15, 0.2) is 36.4 Å². The molecule has 112 valence electrons. The zero-order valence-corrected chi connectivity index (χ0v) is 13.0. The van der Waals surface area contributed by atoms with Crippen LogP contribution in [-0.2, 0) is 11.3 Å². The van der Waals surface area contributed by atoms with Gasteiger partial charge in [0.25, 0.3) is 11.7 Å². The number of amides is 1. The average molecular weight is 316 g/mol. The maximum Gasteiger partial charge on any atom is 0.299 e. The van der Waals surface area contributed by atoms with Gasteiger partial charge in [-0.15, -0.1) is 0 Å². The molecule has 1 aliphatic rings. The lowest BCUT2D eigenvalue weighted by Crippen LogP contribution is -2.29. The van der Waals surface area contributed by atoms with Crippen LogP contribution in [0.1, 0.15) is 21.5 Å². The zero-order valence-electron chi connectivity index (χ0n) is 12.2. The number of halogens is 1. The second-order valence-electron chi connectivity index (χ2n) is 5.12. The second kappa shape index (κ2) is 5.46. The van der Waals surface area contributed by atoms with E-state index in [0.29, 0.717) is 22.0 Å². The van der Waals surface area contributed by atoms with Gasteiger partial charge in [-0.3, -0.25) is 14.5 Å². The summed E-state index contributed by atoms with van der Waals surface area (Å²) >= 11 is 6.16. The van der Waals surface area contributed by atoms with Crippen LogP contribution in [0.25, 0.3) is 0 Å². The van der Waals surface area contributed by atoms with Crippen LogP contribution in [0, 0.1) is 6.92 Å². The predicted molar refractivity (Wildman–Crippen MR) is 84.7 cm³/mol. The Morgan fingerprint density at radius 3 is 2.55 bits per heavy atom. The Kier molecular flexibility index (Phi) is 3.62. The highest BCUT2D eigenvalue weighted by Crippen LogP contribution is 2.40. The molecule has 0 fully saturated rings. The molecule has 3 rings (SSSR count). The van der Waals surface area contributed by atoms with Crippen LogP contribution in [0.2, 0.25) is 5.02 Å². The molecule has 0 saturated heterocycles. The summed E-state index contributed by atoms with van der Waals surface area (Å²) in [4.78, 5) is 26.1. The Morgan fingerprint density at radius 1 is 1.14 bits per heavy atom. The lowest BCUT2D eigenvalue weighted by Gasteiger charge is -2.20. The van der Waals surface area contributed by atoms with Crippen LogP contribution in [-0.4, -0.2) is 18.8 Å². The molecule has 5 heteroatoms. The number of hydrogen-bond donors (Lipinski definition) is 0. The predicted octanol–water partition coefficient (Wildman–Crippen LogP) is 3.39. The van der Waals surface area contributed by atoms with Crippen molar-refractivity contribution in [2.75, 3.05) is 12.0 Å². The summed E-state index contributed by atoms with van der Waals surface area (Å²) in [5.41, 5.74) is 2.48. The van der Waals surface area contributed by atoms with E-state index >= 15 is 0 Å². The molecule has 1 amide bonds. The van der Waals surface area contributed by atoms with E-state index in [4.69, 9.17) is 16.3 Å². The van der Waals surface area contributed by atoms with Gasteiger partial charge in [-0.05, 0) is 30.2 Å². The smallest absolute Gasteiger partial charge is 0.299 e. The van der Waals surface area contributed by atoms with E-state index in [-0.39, 0.29) is 6.54 Å². The maximum absolute atomic E-state index is 12.4. The highest BCUT2D eigenvalue weighted by Gasteiger charge is 2.39. The first-order chi connectivity index (χ1) is 10.5. The molecule has 1 heterocycles. The van der Waals surface area contributed by atoms with E-state index in [9.17, 15) is 9.59 Å². The minimum Gasteiger partial charge on any atom is -0.495 e. The van der Waals surface area contributed by atoms with Gasteiger partial charge in [-0.1, -0.05) is 35.9 Å². The minimum absolute atomic E-state index is 0.233. The number of anilines is 1. The van der Waals surface area contributed by atoms with Gasteiger partial charge in [0, 0.05) is 5.02 Å². The van der Waals surface area contributed by atoms with E-state index in [1.807, 2.05) is 25.1 Å². The number of methoxy groups -OCH3 is 1. The van der Waals surface area contributed by atoms with Gasteiger partial charge < -0.3 is 4.74 Å². The van der Waals surface area contributed by atoms with Crippen molar-refractivity contribution in [1.82, 2.24) is 0 Å². The van der Waals surface area contributed by atoms with Crippen LogP contribution < -0.4 is 9.64 Å². The Labute approximate surface area is 133 Å². The van der Waals surface area contributed by atoms with Crippen LogP contribution in [0.3, 0.4) is 0 Å². The molecule has 0 saturated carbocycles. The lowest BCUT2D eigenvalue weighted by molar-refractivity contribution is -0.114. The van der Waals surface area contributed by atoms with Crippen molar-refractivity contribution in [2.24, 2.45) is 0 Å². The Morgan fingerprint density at radius 2 is 1.86 bits per heavy atom. The van der Waals surface area contributed by atoms with Crippen molar-refractivity contribution < 1.29 is 14.3 Å². The number of ether oxygens (including phenoxy) is 1. The summed E-state index contributed by atoms with van der Waals surface area (Å²) in [5.74, 6) is -0.548. The van der Waals surface area contributed by atoms with Gasteiger partial charge in [-0.2, -0.15) is 0 Å². The van der Waals surface area contributed by atoms with Gasteiger partial charge in [0.2, 0.25) is 0 Å². The molecular formula is C17H14ClNO3. The number of fused-ring (bicyclic) bond motifs is 1. The first kappa shape index (κ1) is 14.6. The molecule has 0 aliphatic carbocycles. The van der Waals surface area contributed by atoms with Crippen molar-refractivity contribution in [3.63, 3.8) is 0 Å². The van der Waals surface area contributed by atoms with Gasteiger partial charge in [0.1, 0.15) is 5.75 Å². The number of hydrogen-bond acceptors (Lipinski definition) is 3. The average Bonchev–Trinajstić information content (AvgIpc) is 2.76. The molecule has 22 heavy (non-hydrogen) atoms.